The van der Waals surface area contributed by atoms with Crippen LogP contribution in [-0.2, 0) is 6.18 Å². The van der Waals surface area contributed by atoms with Gasteiger partial charge in [-0.3, -0.25) is 0 Å². The van der Waals surface area contributed by atoms with E-state index in [4.69, 9.17) is 16.3 Å². The van der Waals surface area contributed by atoms with Crippen LogP contribution in [0.15, 0.2) is 49.0 Å². The van der Waals surface area contributed by atoms with Gasteiger partial charge in [-0.15, -0.1) is 0 Å². The van der Waals surface area contributed by atoms with Crippen molar-refractivity contribution in [3.05, 3.63) is 65.2 Å². The minimum atomic E-state index is -4.46. The van der Waals surface area contributed by atoms with Crippen molar-refractivity contribution in [2.75, 3.05) is 0 Å². The number of hydrogen-bond donors (Lipinski definition) is 0. The number of hydrogen-bond acceptors (Lipinski definition) is 1. The zero-order valence-electron chi connectivity index (χ0n) is 11.2. The highest BCUT2D eigenvalue weighted by Gasteiger charge is 2.34. The van der Waals surface area contributed by atoms with Gasteiger partial charge in [0.1, 0.15) is 11.5 Å². The van der Waals surface area contributed by atoms with Crippen LogP contribution in [0.4, 0.5) is 13.2 Å². The first kappa shape index (κ1) is 15.4. The number of rotatable bonds is 3. The topological polar surface area (TPSA) is 9.23 Å². The first-order chi connectivity index (χ1) is 9.77. The molecule has 110 valence electrons. The molecular formula is C16H12ClF3O. The van der Waals surface area contributed by atoms with E-state index in [0.29, 0.717) is 16.3 Å². The van der Waals surface area contributed by atoms with Crippen LogP contribution >= 0.6 is 11.6 Å². The van der Waals surface area contributed by atoms with Crippen molar-refractivity contribution in [2.45, 2.75) is 13.1 Å². The van der Waals surface area contributed by atoms with E-state index in [0.717, 1.165) is 6.07 Å². The standard InChI is InChI=1S/C16H12ClF3O/c1-10(2)14-8-7-13(9-15(14)16(18,19)20)21-12-5-3-11(17)4-6-12/h3-9H,1H2,2H3. The van der Waals surface area contributed by atoms with Crippen LogP contribution in [-0.4, -0.2) is 0 Å². The van der Waals surface area contributed by atoms with Crippen LogP contribution in [0.5, 0.6) is 11.5 Å². The molecule has 0 aliphatic carbocycles. The molecule has 0 fully saturated rings. The maximum absolute atomic E-state index is 13.1. The van der Waals surface area contributed by atoms with Crippen molar-refractivity contribution in [2.24, 2.45) is 0 Å². The minimum Gasteiger partial charge on any atom is -0.457 e. The molecule has 21 heavy (non-hydrogen) atoms. The van der Waals surface area contributed by atoms with Crippen LogP contribution in [0, 0.1) is 0 Å². The first-order valence-corrected chi connectivity index (χ1v) is 6.46. The number of alkyl halides is 3. The van der Waals surface area contributed by atoms with Crippen LogP contribution in [0.1, 0.15) is 18.1 Å². The van der Waals surface area contributed by atoms with Crippen molar-refractivity contribution < 1.29 is 17.9 Å². The number of ether oxygens (including phenoxy) is 1. The van der Waals surface area contributed by atoms with Crippen molar-refractivity contribution in [1.29, 1.82) is 0 Å². The molecule has 0 amide bonds. The molecule has 5 heteroatoms. The van der Waals surface area contributed by atoms with E-state index in [1.165, 1.54) is 19.1 Å². The molecule has 0 unspecified atom stereocenters. The average molecular weight is 313 g/mol. The Balaban J connectivity index is 2.38. The lowest BCUT2D eigenvalue weighted by Crippen LogP contribution is -2.08. The summed E-state index contributed by atoms with van der Waals surface area (Å²) in [5.74, 6) is 0.519. The van der Waals surface area contributed by atoms with Crippen LogP contribution < -0.4 is 4.74 Å². The predicted octanol–water partition coefficient (Wildman–Crippen LogP) is 6.18. The average Bonchev–Trinajstić information content (AvgIpc) is 2.40. The summed E-state index contributed by atoms with van der Waals surface area (Å²) in [5, 5.41) is 0.524. The van der Waals surface area contributed by atoms with Gasteiger partial charge in [0.15, 0.2) is 0 Å². The Hall–Kier alpha value is -1.94. The Kier molecular flexibility index (Phi) is 4.28. The SMILES string of the molecule is C=C(C)c1ccc(Oc2ccc(Cl)cc2)cc1C(F)(F)F. The first-order valence-electron chi connectivity index (χ1n) is 6.08. The molecule has 0 N–H and O–H groups in total. The fraction of sp³-hybridized carbons (Fsp3) is 0.125. The Morgan fingerprint density at radius 1 is 1.05 bits per heavy atom. The number of benzene rings is 2. The lowest BCUT2D eigenvalue weighted by molar-refractivity contribution is -0.137. The molecule has 0 spiro atoms. The molecule has 1 nitrogen and oxygen atoms in total. The summed E-state index contributed by atoms with van der Waals surface area (Å²) in [5.41, 5.74) is -0.354. The third-order valence-corrected chi connectivity index (χ3v) is 3.06. The number of allylic oxidation sites excluding steroid dienone is 1. The Bertz CT molecular complexity index is 660. The highest BCUT2D eigenvalue weighted by molar-refractivity contribution is 6.30. The van der Waals surface area contributed by atoms with Gasteiger partial charge in [-0.1, -0.05) is 29.8 Å². The maximum Gasteiger partial charge on any atom is 0.417 e. The molecule has 0 aromatic heterocycles. The predicted molar refractivity (Wildman–Crippen MR) is 77.7 cm³/mol. The van der Waals surface area contributed by atoms with Crippen molar-refractivity contribution in [3.63, 3.8) is 0 Å². The van der Waals surface area contributed by atoms with E-state index in [2.05, 4.69) is 6.58 Å². The normalized spacial score (nSPS) is 11.3. The van der Waals surface area contributed by atoms with Crippen LogP contribution in [0.25, 0.3) is 5.57 Å². The van der Waals surface area contributed by atoms with Gasteiger partial charge in [0.25, 0.3) is 0 Å². The molecule has 2 aromatic carbocycles. The third-order valence-electron chi connectivity index (χ3n) is 2.81. The van der Waals surface area contributed by atoms with Gasteiger partial charge in [0.2, 0.25) is 0 Å². The lowest BCUT2D eigenvalue weighted by Gasteiger charge is -2.15. The van der Waals surface area contributed by atoms with Crippen molar-refractivity contribution in [3.8, 4) is 11.5 Å². The molecule has 2 rings (SSSR count). The lowest BCUT2D eigenvalue weighted by atomic mass is 10.0. The Morgan fingerprint density at radius 3 is 2.14 bits per heavy atom. The Morgan fingerprint density at radius 2 is 1.62 bits per heavy atom. The summed E-state index contributed by atoms with van der Waals surface area (Å²) < 4.78 is 44.6. The molecule has 0 aliphatic heterocycles. The monoisotopic (exact) mass is 312 g/mol. The zero-order valence-corrected chi connectivity index (χ0v) is 11.9. The molecule has 0 atom stereocenters. The quantitative estimate of drug-likeness (QED) is 0.657. The molecule has 0 saturated carbocycles. The van der Waals surface area contributed by atoms with Crippen LogP contribution in [0.3, 0.4) is 0 Å². The van der Waals surface area contributed by atoms with E-state index in [9.17, 15) is 13.2 Å². The molecular weight excluding hydrogens is 301 g/mol. The molecule has 0 heterocycles. The van der Waals surface area contributed by atoms with Gasteiger partial charge < -0.3 is 4.74 Å². The van der Waals surface area contributed by atoms with E-state index < -0.39 is 11.7 Å². The highest BCUT2D eigenvalue weighted by Crippen LogP contribution is 2.37. The molecule has 0 bridgehead atoms. The van der Waals surface area contributed by atoms with Gasteiger partial charge in [-0.05, 0) is 48.9 Å². The molecule has 0 radical (unpaired) electrons. The molecule has 0 saturated heterocycles. The van der Waals surface area contributed by atoms with Gasteiger partial charge in [-0.2, -0.15) is 13.2 Å². The van der Waals surface area contributed by atoms with Crippen molar-refractivity contribution >= 4 is 17.2 Å². The summed E-state index contributed by atoms with van der Waals surface area (Å²) in [6.45, 7) is 5.10. The summed E-state index contributed by atoms with van der Waals surface area (Å²) in [6, 6.07) is 10.2. The van der Waals surface area contributed by atoms with Gasteiger partial charge >= 0.3 is 6.18 Å². The van der Waals surface area contributed by atoms with E-state index in [-0.39, 0.29) is 11.3 Å². The van der Waals surface area contributed by atoms with Crippen LogP contribution in [0.2, 0.25) is 5.02 Å². The molecule has 2 aromatic rings. The maximum atomic E-state index is 13.1. The smallest absolute Gasteiger partial charge is 0.417 e. The van der Waals surface area contributed by atoms with Gasteiger partial charge in [0, 0.05) is 5.02 Å². The molecule has 0 aliphatic rings. The van der Waals surface area contributed by atoms with E-state index in [1.54, 1.807) is 24.3 Å². The summed E-state index contributed by atoms with van der Waals surface area (Å²) in [7, 11) is 0. The second kappa shape index (κ2) is 5.82. The third kappa shape index (κ3) is 3.79. The highest BCUT2D eigenvalue weighted by atomic mass is 35.5. The second-order valence-electron chi connectivity index (χ2n) is 4.54. The summed E-state index contributed by atoms with van der Waals surface area (Å²) in [6.07, 6.45) is -4.46. The Labute approximate surface area is 125 Å². The minimum absolute atomic E-state index is 0.0611. The van der Waals surface area contributed by atoms with E-state index >= 15 is 0 Å². The fourth-order valence-electron chi connectivity index (χ4n) is 1.83. The van der Waals surface area contributed by atoms with Gasteiger partial charge in [0.05, 0.1) is 5.56 Å². The number of halogens is 4. The second-order valence-corrected chi connectivity index (χ2v) is 4.98. The zero-order chi connectivity index (χ0) is 15.6. The van der Waals surface area contributed by atoms with Gasteiger partial charge in [-0.25, -0.2) is 0 Å². The summed E-state index contributed by atoms with van der Waals surface area (Å²) in [4.78, 5) is 0. The fourth-order valence-corrected chi connectivity index (χ4v) is 1.96. The van der Waals surface area contributed by atoms with E-state index in [1.807, 2.05) is 0 Å². The largest absolute Gasteiger partial charge is 0.457 e. The summed E-state index contributed by atoms with van der Waals surface area (Å²) >= 11 is 5.74. The van der Waals surface area contributed by atoms with Crippen molar-refractivity contribution in [1.82, 2.24) is 0 Å².